The van der Waals surface area contributed by atoms with E-state index in [1.54, 1.807) is 0 Å². The maximum Gasteiger partial charge on any atom is 0.303 e. The molecule has 1 atom stereocenters. The Morgan fingerprint density at radius 2 is 1.83 bits per heavy atom. The molecular formula is C27H23N3O4S. The van der Waals surface area contributed by atoms with E-state index in [-0.39, 0.29) is 30.3 Å². The molecule has 5 rings (SSSR count). The second-order valence-corrected chi connectivity index (χ2v) is 9.51. The number of carboxylic acid groups (broad SMARTS) is 1. The van der Waals surface area contributed by atoms with E-state index in [2.05, 4.69) is 10.1 Å². The Bertz CT molecular complexity index is 1500. The molecule has 0 radical (unpaired) electrons. The van der Waals surface area contributed by atoms with Crippen LogP contribution in [0.15, 0.2) is 75.9 Å². The number of thiophene rings is 1. The first-order valence-corrected chi connectivity index (χ1v) is 12.2. The maximum atomic E-state index is 13.5. The van der Waals surface area contributed by atoms with E-state index in [0.29, 0.717) is 17.7 Å². The third-order valence-corrected chi connectivity index (χ3v) is 7.11. The Morgan fingerprint density at radius 1 is 1.06 bits per heavy atom. The van der Waals surface area contributed by atoms with E-state index in [9.17, 15) is 14.4 Å². The highest BCUT2D eigenvalue weighted by molar-refractivity contribution is 7.10. The number of para-hydroxylation sites is 1. The minimum Gasteiger partial charge on any atom is -0.481 e. The number of fused-ring (bicyclic) bond motifs is 1. The first kappa shape index (κ1) is 22.7. The highest BCUT2D eigenvalue weighted by atomic mass is 32.1. The number of carbonyl (C=O) groups excluding carboxylic acids is 1. The largest absolute Gasteiger partial charge is 0.481 e. The van der Waals surface area contributed by atoms with Crippen LogP contribution in [0.1, 0.15) is 41.3 Å². The quantitative estimate of drug-likeness (QED) is 0.396. The van der Waals surface area contributed by atoms with Crippen molar-refractivity contribution in [2.24, 2.45) is 5.10 Å². The zero-order chi connectivity index (χ0) is 24.5. The lowest BCUT2D eigenvalue weighted by Crippen LogP contribution is -2.26. The van der Waals surface area contributed by atoms with Crippen LogP contribution < -0.4 is 5.56 Å². The first-order chi connectivity index (χ1) is 16.9. The number of rotatable bonds is 6. The van der Waals surface area contributed by atoms with Crippen LogP contribution in [0.5, 0.6) is 0 Å². The molecule has 0 spiro atoms. The van der Waals surface area contributed by atoms with Crippen LogP contribution >= 0.6 is 11.3 Å². The number of nitrogens with one attached hydrogen (secondary N) is 1. The Labute approximate surface area is 205 Å². The van der Waals surface area contributed by atoms with Gasteiger partial charge in [0.1, 0.15) is 0 Å². The summed E-state index contributed by atoms with van der Waals surface area (Å²) in [6.45, 7) is 2.01. The molecule has 0 fully saturated rings. The molecule has 0 saturated heterocycles. The summed E-state index contributed by atoms with van der Waals surface area (Å²) in [5.74, 6) is -1.42. The number of aryl methyl sites for hydroxylation is 1. The van der Waals surface area contributed by atoms with Crippen molar-refractivity contribution in [2.45, 2.75) is 32.2 Å². The van der Waals surface area contributed by atoms with Gasteiger partial charge in [-0.2, -0.15) is 5.10 Å². The molecule has 1 aliphatic heterocycles. The summed E-state index contributed by atoms with van der Waals surface area (Å²) in [7, 11) is 0. The van der Waals surface area contributed by atoms with Gasteiger partial charge in [0.15, 0.2) is 0 Å². The van der Waals surface area contributed by atoms with Gasteiger partial charge < -0.3 is 10.1 Å². The molecule has 3 heterocycles. The van der Waals surface area contributed by atoms with Gasteiger partial charge in [-0.1, -0.05) is 54.1 Å². The SMILES string of the molecule is Cc1ccc(-c2c(C3=NN(C(=O)CCC(=O)O)C(c4cccs4)C3)c(=O)[nH]c3ccccc23)cc1. The van der Waals surface area contributed by atoms with E-state index < -0.39 is 5.97 Å². The van der Waals surface area contributed by atoms with E-state index in [0.717, 1.165) is 32.5 Å². The zero-order valence-electron chi connectivity index (χ0n) is 19.0. The number of carboxylic acids is 1. The van der Waals surface area contributed by atoms with Crippen LogP contribution in [0.3, 0.4) is 0 Å². The molecule has 7 nitrogen and oxygen atoms in total. The standard InChI is InChI=1S/C27H23N3O4S/c1-16-8-10-17(11-9-16)25-18-5-2-3-6-19(18)28-27(34)26(25)20-15-21(22-7-4-14-35-22)30(29-20)23(31)12-13-24(32)33/h2-11,14,21H,12-13,15H2,1H3,(H,28,34)(H,32,33). The van der Waals surface area contributed by atoms with Crippen LogP contribution in [0.2, 0.25) is 0 Å². The number of hydrogen-bond acceptors (Lipinski definition) is 5. The number of hydrazone groups is 1. The molecule has 0 saturated carbocycles. The van der Waals surface area contributed by atoms with Crippen molar-refractivity contribution in [1.82, 2.24) is 9.99 Å². The molecular weight excluding hydrogens is 462 g/mol. The summed E-state index contributed by atoms with van der Waals surface area (Å²) in [6, 6.07) is 19.1. The average Bonchev–Trinajstić information content (AvgIpc) is 3.52. The first-order valence-electron chi connectivity index (χ1n) is 11.3. The lowest BCUT2D eigenvalue weighted by atomic mass is 9.91. The minimum atomic E-state index is -1.04. The lowest BCUT2D eigenvalue weighted by Gasteiger charge is -2.20. The van der Waals surface area contributed by atoms with Crippen LogP contribution in [0.4, 0.5) is 0 Å². The molecule has 35 heavy (non-hydrogen) atoms. The average molecular weight is 486 g/mol. The number of H-pyrrole nitrogens is 1. The van der Waals surface area contributed by atoms with Gasteiger partial charge in [-0.15, -0.1) is 11.3 Å². The number of nitrogens with zero attached hydrogens (tertiary/aromatic N) is 2. The Balaban J connectivity index is 1.68. The number of amides is 1. The van der Waals surface area contributed by atoms with Gasteiger partial charge in [-0.25, -0.2) is 5.01 Å². The highest BCUT2D eigenvalue weighted by Crippen LogP contribution is 2.38. The Hall–Kier alpha value is -4.04. The molecule has 8 heteroatoms. The summed E-state index contributed by atoms with van der Waals surface area (Å²) in [5.41, 5.74) is 4.15. The van der Waals surface area contributed by atoms with Crippen molar-refractivity contribution in [2.75, 3.05) is 0 Å². The monoisotopic (exact) mass is 485 g/mol. The van der Waals surface area contributed by atoms with Gasteiger partial charge in [0, 0.05) is 34.2 Å². The number of benzene rings is 2. The third kappa shape index (κ3) is 4.40. The number of aromatic amines is 1. The molecule has 2 aromatic heterocycles. The van der Waals surface area contributed by atoms with Gasteiger partial charge in [0.05, 0.1) is 23.7 Å². The Morgan fingerprint density at radius 3 is 2.54 bits per heavy atom. The van der Waals surface area contributed by atoms with Crippen LogP contribution in [-0.4, -0.2) is 32.7 Å². The molecule has 4 aromatic rings. The number of hydrogen-bond donors (Lipinski definition) is 2. The number of aliphatic carboxylic acids is 1. The van der Waals surface area contributed by atoms with Crippen molar-refractivity contribution >= 4 is 39.8 Å². The van der Waals surface area contributed by atoms with Crippen molar-refractivity contribution in [3.8, 4) is 11.1 Å². The van der Waals surface area contributed by atoms with Crippen LogP contribution in [0.25, 0.3) is 22.0 Å². The minimum absolute atomic E-state index is 0.160. The van der Waals surface area contributed by atoms with Crippen LogP contribution in [-0.2, 0) is 9.59 Å². The van der Waals surface area contributed by atoms with Crippen molar-refractivity contribution in [3.05, 3.63) is 92.4 Å². The molecule has 1 unspecified atom stereocenters. The number of pyridine rings is 1. The second-order valence-electron chi connectivity index (χ2n) is 8.53. The van der Waals surface area contributed by atoms with E-state index in [1.165, 1.54) is 16.3 Å². The molecule has 2 N–H and O–H groups in total. The summed E-state index contributed by atoms with van der Waals surface area (Å²) < 4.78 is 0. The summed E-state index contributed by atoms with van der Waals surface area (Å²) in [6.07, 6.45) is -0.0744. The van der Waals surface area contributed by atoms with Gasteiger partial charge in [-0.05, 0) is 30.0 Å². The molecule has 1 amide bonds. The lowest BCUT2D eigenvalue weighted by molar-refractivity contribution is -0.141. The molecule has 1 aliphatic rings. The predicted octanol–water partition coefficient (Wildman–Crippen LogP) is 5.11. The van der Waals surface area contributed by atoms with E-state index in [4.69, 9.17) is 5.11 Å². The summed E-state index contributed by atoms with van der Waals surface area (Å²) >= 11 is 1.50. The molecule has 0 bridgehead atoms. The van der Waals surface area contributed by atoms with Gasteiger partial charge in [0.25, 0.3) is 5.56 Å². The molecule has 176 valence electrons. The van der Waals surface area contributed by atoms with Crippen molar-refractivity contribution < 1.29 is 14.7 Å². The van der Waals surface area contributed by atoms with Gasteiger partial charge in [-0.3, -0.25) is 14.4 Å². The number of aromatic nitrogens is 1. The fraction of sp³-hybridized carbons (Fsp3) is 0.185. The molecule has 0 aliphatic carbocycles. The summed E-state index contributed by atoms with van der Waals surface area (Å²) in [4.78, 5) is 41.4. The fourth-order valence-electron chi connectivity index (χ4n) is 4.46. The normalized spacial score (nSPS) is 15.4. The van der Waals surface area contributed by atoms with E-state index in [1.807, 2.05) is 73.0 Å². The smallest absolute Gasteiger partial charge is 0.303 e. The topological polar surface area (TPSA) is 103 Å². The third-order valence-electron chi connectivity index (χ3n) is 6.14. The Kier molecular flexibility index (Phi) is 6.05. The predicted molar refractivity (Wildman–Crippen MR) is 137 cm³/mol. The van der Waals surface area contributed by atoms with Crippen molar-refractivity contribution in [1.29, 1.82) is 0 Å². The van der Waals surface area contributed by atoms with Gasteiger partial charge in [0.2, 0.25) is 5.91 Å². The molecule has 2 aromatic carbocycles. The second kappa shape index (κ2) is 9.31. The number of carbonyl (C=O) groups is 2. The van der Waals surface area contributed by atoms with Gasteiger partial charge >= 0.3 is 5.97 Å². The van der Waals surface area contributed by atoms with Crippen LogP contribution in [0, 0.1) is 6.92 Å². The maximum absolute atomic E-state index is 13.5. The van der Waals surface area contributed by atoms with E-state index >= 15 is 0 Å². The summed E-state index contributed by atoms with van der Waals surface area (Å²) in [5, 5.41) is 17.9. The van der Waals surface area contributed by atoms with Crippen molar-refractivity contribution in [3.63, 3.8) is 0 Å². The fourth-order valence-corrected chi connectivity index (χ4v) is 5.27. The highest BCUT2D eigenvalue weighted by Gasteiger charge is 2.35. The zero-order valence-corrected chi connectivity index (χ0v) is 19.8.